The lowest BCUT2D eigenvalue weighted by molar-refractivity contribution is -0.103. The Bertz CT molecular complexity index is 1250. The number of nitrogens with zero attached hydrogens (tertiary/aromatic N) is 2. The van der Waals surface area contributed by atoms with Crippen LogP contribution in [0, 0.1) is 37.0 Å². The zero-order valence-electron chi connectivity index (χ0n) is 20.8. The minimum absolute atomic E-state index is 0.00793. The molecule has 4 aliphatic rings. The lowest BCUT2D eigenvalue weighted by Crippen LogP contribution is -2.54. The molecule has 3 saturated carbocycles. The predicted molar refractivity (Wildman–Crippen MR) is 138 cm³/mol. The average Bonchev–Trinajstić information content (AvgIpc) is 3.38. The quantitative estimate of drug-likeness (QED) is 0.481. The molecule has 2 heterocycles. The van der Waals surface area contributed by atoms with Gasteiger partial charge in [0.2, 0.25) is 0 Å². The van der Waals surface area contributed by atoms with E-state index in [1.165, 1.54) is 45.7 Å². The minimum Gasteiger partial charge on any atom is -0.350 e. The molecule has 1 amide bonds. The lowest BCUT2D eigenvalue weighted by atomic mass is 9.45. The summed E-state index contributed by atoms with van der Waals surface area (Å²) in [5, 5.41) is 8.26. The molecular weight excluding hydrogens is 438 g/mol. The SMILES string of the molecule is Cc1ccc(Cn2nc(C(=O)NCC3CCC4CC3C4(C)C)c3c2-c2cc(C)sc2CC3)cc1. The molecule has 0 spiro atoms. The molecule has 34 heavy (non-hydrogen) atoms. The van der Waals surface area contributed by atoms with E-state index in [2.05, 4.69) is 68.0 Å². The fraction of sp³-hybridized carbons (Fsp3) is 0.517. The van der Waals surface area contributed by atoms with Crippen molar-refractivity contribution in [3.8, 4) is 11.3 Å². The van der Waals surface area contributed by atoms with E-state index in [1.54, 1.807) is 0 Å². The number of fused-ring (bicyclic) bond motifs is 5. The fourth-order valence-corrected chi connectivity index (χ4v) is 7.94. The Morgan fingerprint density at radius 3 is 2.71 bits per heavy atom. The maximum Gasteiger partial charge on any atom is 0.272 e. The van der Waals surface area contributed by atoms with Crippen LogP contribution in [0.4, 0.5) is 0 Å². The Hall–Kier alpha value is -2.40. The number of carbonyl (C=O) groups excluding carboxylic acids is 1. The van der Waals surface area contributed by atoms with Gasteiger partial charge < -0.3 is 5.32 Å². The summed E-state index contributed by atoms with van der Waals surface area (Å²) in [6.45, 7) is 10.6. The molecule has 2 aromatic heterocycles. The molecule has 3 unspecified atom stereocenters. The van der Waals surface area contributed by atoms with Gasteiger partial charge in [0.25, 0.3) is 5.91 Å². The van der Waals surface area contributed by atoms with Crippen molar-refractivity contribution in [3.63, 3.8) is 0 Å². The summed E-state index contributed by atoms with van der Waals surface area (Å²) in [4.78, 5) is 16.2. The Labute approximate surface area is 206 Å². The summed E-state index contributed by atoms with van der Waals surface area (Å²) in [5.41, 5.74) is 7.10. The van der Waals surface area contributed by atoms with E-state index in [1.807, 2.05) is 11.3 Å². The van der Waals surface area contributed by atoms with Gasteiger partial charge in [-0.1, -0.05) is 43.7 Å². The highest BCUT2D eigenvalue weighted by atomic mass is 32.1. The molecule has 0 aliphatic heterocycles. The standard InChI is InChI=1S/C29H35N3OS/c1-17-5-7-19(8-6-17)16-32-27-22(11-12-25-23(27)13-18(2)34-25)26(31-32)28(33)30-15-20-9-10-21-14-24(20)29(21,3)4/h5-8,13,20-21,24H,9-12,14-16H2,1-4H3,(H,30,33). The van der Waals surface area contributed by atoms with E-state index in [-0.39, 0.29) is 5.91 Å². The molecule has 4 aliphatic carbocycles. The van der Waals surface area contributed by atoms with Crippen molar-refractivity contribution in [1.29, 1.82) is 0 Å². The zero-order valence-corrected chi connectivity index (χ0v) is 21.6. The van der Waals surface area contributed by atoms with Crippen molar-refractivity contribution < 1.29 is 4.79 Å². The molecule has 3 atom stereocenters. The maximum absolute atomic E-state index is 13.5. The van der Waals surface area contributed by atoms with Crippen LogP contribution >= 0.6 is 11.3 Å². The fourth-order valence-electron chi connectivity index (χ4n) is 6.90. The maximum atomic E-state index is 13.5. The number of rotatable bonds is 5. The lowest BCUT2D eigenvalue weighted by Gasteiger charge is -2.60. The van der Waals surface area contributed by atoms with Gasteiger partial charge in [-0.25, -0.2) is 0 Å². The smallest absolute Gasteiger partial charge is 0.272 e. The van der Waals surface area contributed by atoms with Crippen LogP contribution in [0.3, 0.4) is 0 Å². The number of aryl methyl sites for hydroxylation is 3. The van der Waals surface area contributed by atoms with E-state index < -0.39 is 0 Å². The second-order valence-corrected chi connectivity index (χ2v) is 12.8. The molecular formula is C29H35N3OS. The third-order valence-corrected chi connectivity index (χ3v) is 10.1. The molecule has 7 rings (SSSR count). The summed E-state index contributed by atoms with van der Waals surface area (Å²) in [5.74, 6) is 2.24. The molecule has 3 aromatic rings. The van der Waals surface area contributed by atoms with Crippen molar-refractivity contribution >= 4 is 17.2 Å². The molecule has 1 aromatic carbocycles. The minimum atomic E-state index is 0.00793. The molecule has 0 saturated heterocycles. The van der Waals surface area contributed by atoms with Crippen molar-refractivity contribution in [2.24, 2.45) is 23.2 Å². The van der Waals surface area contributed by atoms with Crippen LogP contribution in [-0.4, -0.2) is 22.2 Å². The molecule has 0 radical (unpaired) electrons. The number of hydrogen-bond donors (Lipinski definition) is 1. The zero-order chi connectivity index (χ0) is 23.6. The average molecular weight is 474 g/mol. The molecule has 2 bridgehead atoms. The molecule has 1 N–H and O–H groups in total. The summed E-state index contributed by atoms with van der Waals surface area (Å²) >= 11 is 1.88. The van der Waals surface area contributed by atoms with Gasteiger partial charge >= 0.3 is 0 Å². The number of thiophene rings is 1. The van der Waals surface area contributed by atoms with Crippen LogP contribution in [0.1, 0.15) is 70.0 Å². The topological polar surface area (TPSA) is 46.9 Å². The van der Waals surface area contributed by atoms with Crippen LogP contribution < -0.4 is 5.32 Å². The Morgan fingerprint density at radius 2 is 1.97 bits per heavy atom. The van der Waals surface area contributed by atoms with E-state index >= 15 is 0 Å². The van der Waals surface area contributed by atoms with E-state index in [0.717, 1.165) is 42.5 Å². The largest absolute Gasteiger partial charge is 0.350 e. The Morgan fingerprint density at radius 1 is 1.18 bits per heavy atom. The highest BCUT2D eigenvalue weighted by Crippen LogP contribution is 2.61. The number of carbonyl (C=O) groups is 1. The van der Waals surface area contributed by atoms with Gasteiger partial charge in [0, 0.05) is 27.4 Å². The van der Waals surface area contributed by atoms with Crippen molar-refractivity contribution in [2.45, 2.75) is 66.3 Å². The Balaban J connectivity index is 1.29. The van der Waals surface area contributed by atoms with Gasteiger partial charge in [-0.2, -0.15) is 5.10 Å². The normalized spacial score (nSPS) is 24.2. The van der Waals surface area contributed by atoms with Crippen molar-refractivity contribution in [3.05, 3.63) is 62.5 Å². The summed E-state index contributed by atoms with van der Waals surface area (Å²) in [7, 11) is 0. The predicted octanol–water partition coefficient (Wildman–Crippen LogP) is 6.18. The van der Waals surface area contributed by atoms with Gasteiger partial charge in [-0.15, -0.1) is 11.3 Å². The van der Waals surface area contributed by atoms with E-state index in [0.29, 0.717) is 23.6 Å². The van der Waals surface area contributed by atoms with Crippen LogP contribution in [0.2, 0.25) is 0 Å². The second-order valence-electron chi connectivity index (χ2n) is 11.4. The van der Waals surface area contributed by atoms with E-state index in [9.17, 15) is 4.79 Å². The number of hydrogen-bond acceptors (Lipinski definition) is 3. The van der Waals surface area contributed by atoms with Gasteiger partial charge in [0.15, 0.2) is 5.69 Å². The van der Waals surface area contributed by atoms with Crippen molar-refractivity contribution in [1.82, 2.24) is 15.1 Å². The number of benzene rings is 1. The van der Waals surface area contributed by atoms with Crippen LogP contribution in [0.25, 0.3) is 11.3 Å². The third-order valence-electron chi connectivity index (χ3n) is 9.03. The Kier molecular flexibility index (Phi) is 5.25. The third kappa shape index (κ3) is 3.55. The van der Waals surface area contributed by atoms with Gasteiger partial charge in [-0.05, 0) is 80.8 Å². The summed E-state index contributed by atoms with van der Waals surface area (Å²) in [6.07, 6.45) is 5.78. The molecule has 178 valence electrons. The molecule has 3 fully saturated rings. The molecule has 4 nitrogen and oxygen atoms in total. The van der Waals surface area contributed by atoms with Gasteiger partial charge in [-0.3, -0.25) is 9.48 Å². The number of amides is 1. The van der Waals surface area contributed by atoms with Crippen LogP contribution in [0.5, 0.6) is 0 Å². The van der Waals surface area contributed by atoms with E-state index in [4.69, 9.17) is 5.10 Å². The van der Waals surface area contributed by atoms with Gasteiger partial charge in [0.1, 0.15) is 0 Å². The second kappa shape index (κ2) is 8.08. The van der Waals surface area contributed by atoms with Crippen LogP contribution in [0.15, 0.2) is 30.3 Å². The first-order chi connectivity index (χ1) is 16.3. The highest BCUT2D eigenvalue weighted by molar-refractivity contribution is 7.12. The van der Waals surface area contributed by atoms with Gasteiger partial charge in [0.05, 0.1) is 12.2 Å². The highest BCUT2D eigenvalue weighted by Gasteiger charge is 2.54. The summed E-state index contributed by atoms with van der Waals surface area (Å²) < 4.78 is 2.08. The monoisotopic (exact) mass is 473 g/mol. The first-order valence-corrected chi connectivity index (χ1v) is 13.7. The first kappa shape index (κ1) is 22.1. The first-order valence-electron chi connectivity index (χ1n) is 12.8. The summed E-state index contributed by atoms with van der Waals surface area (Å²) in [6, 6.07) is 10.9. The number of aromatic nitrogens is 2. The number of nitrogens with one attached hydrogen (secondary N) is 1. The molecule has 5 heteroatoms. The van der Waals surface area contributed by atoms with Crippen molar-refractivity contribution in [2.75, 3.05) is 6.54 Å². The van der Waals surface area contributed by atoms with Crippen LogP contribution in [-0.2, 0) is 19.4 Å².